The molecule has 0 aliphatic carbocycles. The number of amides is 1. The SMILES string of the molecule is CCN(CC)S(=O)(=O)c1ccc(OC)c(NC(=O)c2ccc(F)cc2Cl)c1. The van der Waals surface area contributed by atoms with E-state index in [0.29, 0.717) is 13.1 Å². The molecule has 1 amide bonds. The van der Waals surface area contributed by atoms with Crippen LogP contribution in [0.15, 0.2) is 41.3 Å². The lowest BCUT2D eigenvalue weighted by molar-refractivity contribution is 0.102. The highest BCUT2D eigenvalue weighted by atomic mass is 35.5. The Kier molecular flexibility index (Phi) is 6.80. The van der Waals surface area contributed by atoms with Crippen LogP contribution in [0.1, 0.15) is 24.2 Å². The maximum absolute atomic E-state index is 13.2. The average molecular weight is 415 g/mol. The number of sulfonamides is 1. The first kappa shape index (κ1) is 21.1. The first-order valence-electron chi connectivity index (χ1n) is 8.19. The van der Waals surface area contributed by atoms with Crippen LogP contribution in [0, 0.1) is 5.82 Å². The number of anilines is 1. The van der Waals surface area contributed by atoms with E-state index in [9.17, 15) is 17.6 Å². The summed E-state index contributed by atoms with van der Waals surface area (Å²) in [5, 5.41) is 2.51. The number of hydrogen-bond acceptors (Lipinski definition) is 4. The number of nitrogens with one attached hydrogen (secondary N) is 1. The highest BCUT2D eigenvalue weighted by Crippen LogP contribution is 2.30. The normalized spacial score (nSPS) is 11.5. The van der Waals surface area contributed by atoms with Crippen LogP contribution in [0.25, 0.3) is 0 Å². The summed E-state index contributed by atoms with van der Waals surface area (Å²) >= 11 is 5.91. The van der Waals surface area contributed by atoms with E-state index in [2.05, 4.69) is 5.32 Å². The molecule has 2 aromatic rings. The van der Waals surface area contributed by atoms with Crippen molar-refractivity contribution >= 4 is 33.2 Å². The van der Waals surface area contributed by atoms with Crippen LogP contribution in [0.4, 0.5) is 10.1 Å². The van der Waals surface area contributed by atoms with Gasteiger partial charge in [0, 0.05) is 13.1 Å². The van der Waals surface area contributed by atoms with Crippen LogP contribution in [0.5, 0.6) is 5.75 Å². The summed E-state index contributed by atoms with van der Waals surface area (Å²) in [4.78, 5) is 12.5. The van der Waals surface area contributed by atoms with Crippen LogP contribution in [0.3, 0.4) is 0 Å². The van der Waals surface area contributed by atoms with Crippen molar-refractivity contribution in [3.63, 3.8) is 0 Å². The van der Waals surface area contributed by atoms with Crippen LogP contribution in [0.2, 0.25) is 5.02 Å². The Morgan fingerprint density at radius 3 is 2.41 bits per heavy atom. The minimum atomic E-state index is -3.71. The van der Waals surface area contributed by atoms with Gasteiger partial charge in [0.2, 0.25) is 10.0 Å². The lowest BCUT2D eigenvalue weighted by Crippen LogP contribution is -2.30. The van der Waals surface area contributed by atoms with Crippen LogP contribution in [-0.4, -0.2) is 38.8 Å². The van der Waals surface area contributed by atoms with Crippen molar-refractivity contribution in [2.45, 2.75) is 18.7 Å². The molecule has 0 aliphatic rings. The fraction of sp³-hybridized carbons (Fsp3) is 0.278. The number of carbonyl (C=O) groups excluding carboxylic acids is 1. The highest BCUT2D eigenvalue weighted by Gasteiger charge is 2.23. The largest absolute Gasteiger partial charge is 0.495 e. The Morgan fingerprint density at radius 1 is 1.19 bits per heavy atom. The molecule has 0 radical (unpaired) electrons. The zero-order valence-corrected chi connectivity index (χ0v) is 16.7. The van der Waals surface area contributed by atoms with Crippen molar-refractivity contribution in [3.05, 3.63) is 52.8 Å². The van der Waals surface area contributed by atoms with Gasteiger partial charge in [0.1, 0.15) is 11.6 Å². The molecule has 1 N–H and O–H groups in total. The van der Waals surface area contributed by atoms with Crippen LogP contribution < -0.4 is 10.1 Å². The Labute approximate surface area is 162 Å². The maximum atomic E-state index is 13.2. The van der Waals surface area contributed by atoms with E-state index in [4.69, 9.17) is 16.3 Å². The number of carbonyl (C=O) groups is 1. The molecular formula is C18H20ClFN2O4S. The average Bonchev–Trinajstić information content (AvgIpc) is 2.62. The molecule has 6 nitrogen and oxygen atoms in total. The number of rotatable bonds is 7. The Bertz CT molecular complexity index is 946. The second kappa shape index (κ2) is 8.69. The predicted molar refractivity (Wildman–Crippen MR) is 102 cm³/mol. The lowest BCUT2D eigenvalue weighted by atomic mass is 10.2. The Balaban J connectivity index is 2.42. The molecule has 2 aromatic carbocycles. The number of hydrogen-bond donors (Lipinski definition) is 1. The molecule has 2 rings (SSSR count). The van der Waals surface area contributed by atoms with Crippen molar-refractivity contribution in [2.24, 2.45) is 0 Å². The second-order valence-corrected chi connectivity index (χ2v) is 7.87. The fourth-order valence-corrected chi connectivity index (χ4v) is 4.26. The molecule has 0 aromatic heterocycles. The van der Waals surface area contributed by atoms with E-state index >= 15 is 0 Å². The van der Waals surface area contributed by atoms with Gasteiger partial charge in [-0.15, -0.1) is 0 Å². The van der Waals surface area contributed by atoms with Crippen LogP contribution >= 0.6 is 11.6 Å². The van der Waals surface area contributed by atoms with Crippen molar-refractivity contribution in [2.75, 3.05) is 25.5 Å². The van der Waals surface area contributed by atoms with Crippen molar-refractivity contribution in [1.29, 1.82) is 0 Å². The molecule has 146 valence electrons. The molecule has 0 saturated carbocycles. The molecule has 0 atom stereocenters. The summed E-state index contributed by atoms with van der Waals surface area (Å²) < 4.78 is 45.1. The molecule has 0 aliphatic heterocycles. The summed E-state index contributed by atoms with van der Waals surface area (Å²) in [5.41, 5.74) is 0.216. The first-order valence-corrected chi connectivity index (χ1v) is 10.0. The van der Waals surface area contributed by atoms with Gasteiger partial charge >= 0.3 is 0 Å². The van der Waals surface area contributed by atoms with Gasteiger partial charge in [-0.3, -0.25) is 4.79 Å². The molecular weight excluding hydrogens is 395 g/mol. The topological polar surface area (TPSA) is 75.7 Å². The van der Waals surface area contributed by atoms with Crippen molar-refractivity contribution < 1.29 is 22.3 Å². The summed E-state index contributed by atoms with van der Waals surface area (Å²) in [6.07, 6.45) is 0. The summed E-state index contributed by atoms with van der Waals surface area (Å²) in [5.74, 6) is -0.905. The molecule has 0 saturated heterocycles. The van der Waals surface area contributed by atoms with Gasteiger partial charge in [0.25, 0.3) is 5.91 Å². The van der Waals surface area contributed by atoms with E-state index in [-0.39, 0.29) is 26.9 Å². The van der Waals surface area contributed by atoms with Crippen LogP contribution in [-0.2, 0) is 10.0 Å². The molecule has 0 spiro atoms. The van der Waals surface area contributed by atoms with Gasteiger partial charge in [-0.1, -0.05) is 25.4 Å². The summed E-state index contributed by atoms with van der Waals surface area (Å²) in [6.45, 7) is 4.11. The fourth-order valence-electron chi connectivity index (χ4n) is 2.52. The second-order valence-electron chi connectivity index (χ2n) is 5.53. The van der Waals surface area contributed by atoms with E-state index < -0.39 is 21.7 Å². The van der Waals surface area contributed by atoms with Crippen molar-refractivity contribution in [3.8, 4) is 5.75 Å². The zero-order chi connectivity index (χ0) is 20.2. The van der Waals surface area contributed by atoms with Gasteiger partial charge in [-0.2, -0.15) is 4.31 Å². The highest BCUT2D eigenvalue weighted by molar-refractivity contribution is 7.89. The van der Waals surface area contributed by atoms with E-state index in [1.165, 1.54) is 35.7 Å². The van der Waals surface area contributed by atoms with Gasteiger partial charge in [0.05, 0.1) is 28.3 Å². The number of methoxy groups -OCH3 is 1. The third kappa shape index (κ3) is 4.58. The Hall–Kier alpha value is -2.16. The third-order valence-corrected chi connectivity index (χ3v) is 6.30. The minimum absolute atomic E-state index is 0.0208. The minimum Gasteiger partial charge on any atom is -0.495 e. The third-order valence-electron chi connectivity index (χ3n) is 3.94. The number of ether oxygens (including phenoxy) is 1. The van der Waals surface area contributed by atoms with Gasteiger partial charge in [-0.25, -0.2) is 12.8 Å². The Morgan fingerprint density at radius 2 is 1.85 bits per heavy atom. The van der Waals surface area contributed by atoms with Gasteiger partial charge < -0.3 is 10.1 Å². The van der Waals surface area contributed by atoms with Crippen molar-refractivity contribution in [1.82, 2.24) is 4.31 Å². The monoisotopic (exact) mass is 414 g/mol. The molecule has 0 unspecified atom stereocenters. The standard InChI is InChI=1S/C18H20ClFN2O4S/c1-4-22(5-2)27(24,25)13-7-9-17(26-3)16(11-13)21-18(23)14-8-6-12(20)10-15(14)19/h6-11H,4-5H2,1-3H3,(H,21,23). The quantitative estimate of drug-likeness (QED) is 0.748. The van der Waals surface area contributed by atoms with Gasteiger partial charge in [0.15, 0.2) is 0 Å². The molecule has 27 heavy (non-hydrogen) atoms. The number of nitrogens with zero attached hydrogens (tertiary/aromatic N) is 1. The molecule has 0 heterocycles. The number of benzene rings is 2. The summed E-state index contributed by atoms with van der Waals surface area (Å²) in [7, 11) is -2.31. The lowest BCUT2D eigenvalue weighted by Gasteiger charge is -2.19. The van der Waals surface area contributed by atoms with E-state index in [1.54, 1.807) is 13.8 Å². The zero-order valence-electron chi connectivity index (χ0n) is 15.1. The maximum Gasteiger partial charge on any atom is 0.257 e. The predicted octanol–water partition coefficient (Wildman–Crippen LogP) is 3.77. The molecule has 0 bridgehead atoms. The molecule has 0 fully saturated rings. The van der Waals surface area contributed by atoms with E-state index in [1.807, 2.05) is 0 Å². The summed E-state index contributed by atoms with van der Waals surface area (Å²) in [6, 6.07) is 7.57. The number of halogens is 2. The smallest absolute Gasteiger partial charge is 0.257 e. The van der Waals surface area contributed by atoms with E-state index in [0.717, 1.165) is 12.1 Å². The first-order chi connectivity index (χ1) is 12.7. The van der Waals surface area contributed by atoms with Gasteiger partial charge in [-0.05, 0) is 36.4 Å². The molecule has 9 heteroatoms.